The minimum atomic E-state index is -0.789. The van der Waals surface area contributed by atoms with Crippen LogP contribution in [0.25, 0.3) is 22.2 Å². The zero-order valence-corrected chi connectivity index (χ0v) is 16.1. The van der Waals surface area contributed by atoms with E-state index in [-0.39, 0.29) is 0 Å². The Morgan fingerprint density at radius 1 is 1.04 bits per heavy atom. The molecule has 6 nitrogen and oxygen atoms in total. The van der Waals surface area contributed by atoms with Crippen LogP contribution in [0.2, 0.25) is 0 Å². The van der Waals surface area contributed by atoms with Crippen molar-refractivity contribution in [3.8, 4) is 11.3 Å². The zero-order chi connectivity index (χ0) is 19.8. The van der Waals surface area contributed by atoms with Gasteiger partial charge in [-0.2, -0.15) is 0 Å². The molecule has 2 amide bonds. The molecule has 148 valence electrons. The number of rotatable bonds is 10. The molecule has 0 aliphatic heterocycles. The number of carbonyl (C=O) groups is 1. The van der Waals surface area contributed by atoms with Crippen molar-refractivity contribution in [1.29, 1.82) is 0 Å². The number of urea groups is 1. The van der Waals surface area contributed by atoms with E-state index < -0.39 is 6.03 Å². The van der Waals surface area contributed by atoms with Gasteiger partial charge in [0.2, 0.25) is 0 Å². The Kier molecular flexibility index (Phi) is 7.03. The van der Waals surface area contributed by atoms with Crippen molar-refractivity contribution in [2.45, 2.75) is 45.1 Å². The molecule has 6 heteroatoms. The monoisotopic (exact) mass is 380 g/mol. The van der Waals surface area contributed by atoms with Crippen LogP contribution < -0.4 is 5.73 Å². The van der Waals surface area contributed by atoms with E-state index in [1.807, 2.05) is 12.3 Å². The van der Waals surface area contributed by atoms with Crippen molar-refractivity contribution in [1.82, 2.24) is 14.6 Å². The Morgan fingerprint density at radius 2 is 1.79 bits per heavy atom. The summed E-state index contributed by atoms with van der Waals surface area (Å²) in [6.07, 6.45) is 9.97. The number of hydrogen-bond acceptors (Lipinski definition) is 3. The fraction of sp³-hybridized carbons (Fsp3) is 0.364. The molecule has 1 aromatic carbocycles. The van der Waals surface area contributed by atoms with Crippen molar-refractivity contribution < 1.29 is 10.0 Å². The molecule has 2 aromatic heterocycles. The Balaban J connectivity index is 1.51. The highest BCUT2D eigenvalue weighted by Gasteiger charge is 2.10. The number of benzene rings is 1. The van der Waals surface area contributed by atoms with Gasteiger partial charge in [-0.05, 0) is 37.1 Å². The van der Waals surface area contributed by atoms with Gasteiger partial charge in [0.15, 0.2) is 0 Å². The summed E-state index contributed by atoms with van der Waals surface area (Å²) in [6.45, 7) is 1.28. The number of nitrogens with two attached hydrogens (primary N) is 1. The molecular weight excluding hydrogens is 352 g/mol. The SMILES string of the molecule is NC(=O)N(O)CCCCCCCCn1c(-c2cccnc2)cc2ccccc21. The number of hydroxylamine groups is 2. The molecule has 3 N–H and O–H groups in total. The number of carbonyl (C=O) groups excluding carboxylic acids is 1. The average molecular weight is 380 g/mol. The highest BCUT2D eigenvalue weighted by Crippen LogP contribution is 2.28. The van der Waals surface area contributed by atoms with E-state index in [0.717, 1.165) is 50.6 Å². The van der Waals surface area contributed by atoms with Crippen molar-refractivity contribution >= 4 is 16.9 Å². The number of pyridine rings is 1. The van der Waals surface area contributed by atoms with Crippen LogP contribution >= 0.6 is 0 Å². The lowest BCUT2D eigenvalue weighted by Gasteiger charge is -2.12. The number of nitrogens with zero attached hydrogens (tertiary/aromatic N) is 3. The van der Waals surface area contributed by atoms with Gasteiger partial charge < -0.3 is 10.3 Å². The molecule has 0 saturated carbocycles. The number of unbranched alkanes of at least 4 members (excludes halogenated alkanes) is 5. The van der Waals surface area contributed by atoms with Crippen LogP contribution in [0.15, 0.2) is 54.9 Å². The van der Waals surface area contributed by atoms with Gasteiger partial charge in [-0.3, -0.25) is 10.2 Å². The van der Waals surface area contributed by atoms with Crippen LogP contribution in [-0.4, -0.2) is 32.4 Å². The molecule has 0 radical (unpaired) electrons. The molecule has 0 fully saturated rings. The molecule has 3 aromatic rings. The molecule has 0 aliphatic rings. The molecule has 0 bridgehead atoms. The molecule has 0 spiro atoms. The number of aromatic nitrogens is 2. The maximum atomic E-state index is 10.7. The highest BCUT2D eigenvalue weighted by molar-refractivity contribution is 5.86. The molecule has 0 saturated heterocycles. The van der Waals surface area contributed by atoms with Gasteiger partial charge in [-0.25, -0.2) is 9.86 Å². The molecular formula is C22H28N4O2. The fourth-order valence-electron chi connectivity index (χ4n) is 3.55. The maximum Gasteiger partial charge on any atom is 0.338 e. The van der Waals surface area contributed by atoms with Crippen molar-refractivity contribution in [3.05, 3.63) is 54.9 Å². The largest absolute Gasteiger partial charge is 0.350 e. The lowest BCUT2D eigenvalue weighted by atomic mass is 10.1. The predicted molar refractivity (Wildman–Crippen MR) is 111 cm³/mol. The first kappa shape index (κ1) is 19.9. The van der Waals surface area contributed by atoms with Crippen LogP contribution in [0.5, 0.6) is 0 Å². The molecule has 0 aliphatic carbocycles. The second-order valence-corrected chi connectivity index (χ2v) is 7.06. The first-order valence-electron chi connectivity index (χ1n) is 9.91. The van der Waals surface area contributed by atoms with Crippen LogP contribution in [0.3, 0.4) is 0 Å². The summed E-state index contributed by atoms with van der Waals surface area (Å²) in [4.78, 5) is 15.0. The van der Waals surface area contributed by atoms with Crippen LogP contribution in [0.1, 0.15) is 38.5 Å². The first-order valence-corrected chi connectivity index (χ1v) is 9.91. The second kappa shape index (κ2) is 9.90. The highest BCUT2D eigenvalue weighted by atomic mass is 16.5. The van der Waals surface area contributed by atoms with Gasteiger partial charge in [0, 0.05) is 35.4 Å². The Morgan fingerprint density at radius 3 is 2.54 bits per heavy atom. The van der Waals surface area contributed by atoms with Crippen molar-refractivity contribution in [3.63, 3.8) is 0 Å². The number of primary amides is 1. The van der Waals surface area contributed by atoms with Crippen molar-refractivity contribution in [2.24, 2.45) is 5.73 Å². The standard InChI is InChI=1S/C22H28N4O2/c23-22(27)26(28)15-8-4-2-1-3-7-14-25-20-12-6-5-10-18(20)16-21(25)19-11-9-13-24-17-19/h5-6,9-13,16-17,28H,1-4,7-8,14-15H2,(H2,23,27). The number of fused-ring (bicyclic) bond motifs is 1. The molecule has 3 rings (SSSR count). The van der Waals surface area contributed by atoms with E-state index in [4.69, 9.17) is 5.73 Å². The number of amides is 2. The zero-order valence-electron chi connectivity index (χ0n) is 16.1. The molecule has 2 heterocycles. The minimum absolute atomic E-state index is 0.305. The summed E-state index contributed by atoms with van der Waals surface area (Å²) >= 11 is 0. The average Bonchev–Trinajstić information content (AvgIpc) is 3.09. The normalized spacial score (nSPS) is 11.0. The quantitative estimate of drug-likeness (QED) is 0.301. The van der Waals surface area contributed by atoms with E-state index in [0.29, 0.717) is 11.6 Å². The molecule has 28 heavy (non-hydrogen) atoms. The summed E-state index contributed by atoms with van der Waals surface area (Å²) in [5, 5.41) is 11.1. The third-order valence-corrected chi connectivity index (χ3v) is 5.02. The molecule has 0 unspecified atom stereocenters. The van der Waals surface area contributed by atoms with Crippen LogP contribution in [-0.2, 0) is 6.54 Å². The van der Waals surface area contributed by atoms with Gasteiger partial charge in [-0.15, -0.1) is 0 Å². The Labute approximate surface area is 165 Å². The van der Waals surface area contributed by atoms with E-state index >= 15 is 0 Å². The number of hydrogen-bond donors (Lipinski definition) is 2. The van der Waals surface area contributed by atoms with E-state index in [9.17, 15) is 10.0 Å². The second-order valence-electron chi connectivity index (χ2n) is 7.06. The summed E-state index contributed by atoms with van der Waals surface area (Å²) < 4.78 is 2.39. The Hall–Kier alpha value is -2.86. The summed E-state index contributed by atoms with van der Waals surface area (Å²) in [5.41, 5.74) is 8.60. The third kappa shape index (κ3) is 5.10. The van der Waals surface area contributed by atoms with Crippen LogP contribution in [0, 0.1) is 0 Å². The lowest BCUT2D eigenvalue weighted by molar-refractivity contribution is -0.0403. The van der Waals surface area contributed by atoms with E-state index in [1.165, 1.54) is 16.6 Å². The predicted octanol–water partition coefficient (Wildman–Crippen LogP) is 4.81. The van der Waals surface area contributed by atoms with Crippen molar-refractivity contribution in [2.75, 3.05) is 6.54 Å². The smallest absolute Gasteiger partial charge is 0.338 e. The fourth-order valence-corrected chi connectivity index (χ4v) is 3.55. The summed E-state index contributed by atoms with van der Waals surface area (Å²) in [7, 11) is 0. The summed E-state index contributed by atoms with van der Waals surface area (Å²) in [5.74, 6) is 0. The number of aryl methyl sites for hydroxylation is 1. The van der Waals surface area contributed by atoms with Gasteiger partial charge in [-0.1, -0.05) is 43.9 Å². The van der Waals surface area contributed by atoms with Gasteiger partial charge in [0.05, 0.1) is 12.2 Å². The topological polar surface area (TPSA) is 84.4 Å². The van der Waals surface area contributed by atoms with E-state index in [2.05, 4.69) is 45.9 Å². The van der Waals surface area contributed by atoms with Gasteiger partial charge >= 0.3 is 6.03 Å². The summed E-state index contributed by atoms with van der Waals surface area (Å²) in [6, 6.07) is 14.0. The van der Waals surface area contributed by atoms with E-state index in [1.54, 1.807) is 6.20 Å². The number of para-hydroxylation sites is 1. The Bertz CT molecular complexity index is 892. The van der Waals surface area contributed by atoms with Gasteiger partial charge in [0.1, 0.15) is 0 Å². The maximum absolute atomic E-state index is 10.7. The molecule has 0 atom stereocenters. The minimum Gasteiger partial charge on any atom is -0.350 e. The van der Waals surface area contributed by atoms with Crippen LogP contribution in [0.4, 0.5) is 4.79 Å². The third-order valence-electron chi connectivity index (χ3n) is 5.02. The van der Waals surface area contributed by atoms with Gasteiger partial charge in [0.25, 0.3) is 0 Å². The lowest BCUT2D eigenvalue weighted by Crippen LogP contribution is -2.33. The first-order chi connectivity index (χ1) is 13.7.